The zero-order valence-corrected chi connectivity index (χ0v) is 20.6. The van der Waals surface area contributed by atoms with Crippen LogP contribution in [0.2, 0.25) is 0 Å². The van der Waals surface area contributed by atoms with Crippen molar-refractivity contribution in [2.45, 2.75) is 26.3 Å². The fraction of sp³-hybridized carbons (Fsp3) is 0.308. The van der Waals surface area contributed by atoms with Gasteiger partial charge in [0.25, 0.3) is 0 Å². The molecule has 1 atom stereocenters. The molecule has 3 rings (SSSR count). The van der Waals surface area contributed by atoms with Gasteiger partial charge in [-0.3, -0.25) is 13.9 Å². The summed E-state index contributed by atoms with van der Waals surface area (Å²) in [5.74, 6) is -0.715. The van der Waals surface area contributed by atoms with Gasteiger partial charge >= 0.3 is 0 Å². The average Bonchev–Trinajstić information content (AvgIpc) is 2.82. The van der Waals surface area contributed by atoms with Crippen molar-refractivity contribution in [1.29, 1.82) is 0 Å². The van der Waals surface area contributed by atoms with Crippen LogP contribution in [0.1, 0.15) is 19.4 Å². The van der Waals surface area contributed by atoms with Crippen LogP contribution in [0.5, 0.6) is 0 Å². The first kappa shape index (κ1) is 25.2. The van der Waals surface area contributed by atoms with Crippen molar-refractivity contribution in [2.24, 2.45) is 0 Å². The molecule has 8 heteroatoms. The summed E-state index contributed by atoms with van der Waals surface area (Å²) in [4.78, 5) is 27.6. The van der Waals surface area contributed by atoms with Gasteiger partial charge < -0.3 is 10.2 Å². The summed E-state index contributed by atoms with van der Waals surface area (Å²) in [6, 6.07) is 21.7. The molecule has 180 valence electrons. The van der Waals surface area contributed by atoms with Crippen molar-refractivity contribution in [3.8, 4) is 0 Å². The molecule has 0 aliphatic rings. The summed E-state index contributed by atoms with van der Waals surface area (Å²) in [6.45, 7) is 3.80. The fourth-order valence-corrected chi connectivity index (χ4v) is 4.77. The topological polar surface area (TPSA) is 86.8 Å². The first-order valence-corrected chi connectivity index (χ1v) is 13.1. The zero-order valence-electron chi connectivity index (χ0n) is 19.8. The predicted octanol–water partition coefficient (Wildman–Crippen LogP) is 3.20. The fourth-order valence-electron chi connectivity index (χ4n) is 3.91. The van der Waals surface area contributed by atoms with E-state index in [1.54, 1.807) is 19.1 Å². The molecule has 0 saturated heterocycles. The van der Waals surface area contributed by atoms with Crippen molar-refractivity contribution in [3.05, 3.63) is 78.4 Å². The van der Waals surface area contributed by atoms with Crippen LogP contribution in [0.15, 0.2) is 72.8 Å². The lowest BCUT2D eigenvalue weighted by Gasteiger charge is -2.31. The van der Waals surface area contributed by atoms with Crippen molar-refractivity contribution in [2.75, 3.05) is 30.2 Å². The number of hydrogen-bond acceptors (Lipinski definition) is 4. The molecule has 0 spiro atoms. The quantitative estimate of drug-likeness (QED) is 0.482. The normalized spacial score (nSPS) is 12.2. The highest BCUT2D eigenvalue weighted by atomic mass is 32.2. The second-order valence-electron chi connectivity index (χ2n) is 8.16. The van der Waals surface area contributed by atoms with Crippen LogP contribution in [0.4, 0.5) is 5.69 Å². The third kappa shape index (κ3) is 6.14. The van der Waals surface area contributed by atoms with Gasteiger partial charge in [-0.15, -0.1) is 0 Å². The maximum atomic E-state index is 13.5. The number of sulfonamides is 1. The summed E-state index contributed by atoms with van der Waals surface area (Å²) in [6.07, 6.45) is 1.63. The highest BCUT2D eigenvalue weighted by Crippen LogP contribution is 2.28. The van der Waals surface area contributed by atoms with E-state index < -0.39 is 28.5 Å². The first-order valence-electron chi connectivity index (χ1n) is 11.3. The Hall–Kier alpha value is -3.39. The Morgan fingerprint density at radius 1 is 0.941 bits per heavy atom. The molecule has 0 saturated carbocycles. The lowest BCUT2D eigenvalue weighted by Crippen LogP contribution is -2.52. The Morgan fingerprint density at radius 3 is 2.26 bits per heavy atom. The average molecular weight is 482 g/mol. The van der Waals surface area contributed by atoms with E-state index in [0.717, 1.165) is 26.9 Å². The lowest BCUT2D eigenvalue weighted by atomic mass is 10.1. The van der Waals surface area contributed by atoms with E-state index in [0.29, 0.717) is 18.7 Å². The summed E-state index contributed by atoms with van der Waals surface area (Å²) in [5, 5.41) is 4.36. The van der Waals surface area contributed by atoms with Crippen LogP contribution in [0.25, 0.3) is 10.8 Å². The molecular weight excluding hydrogens is 450 g/mol. The van der Waals surface area contributed by atoms with Crippen LogP contribution < -0.4 is 9.62 Å². The number of likely N-dealkylation sites (N-methyl/N-ethyl adjacent to an activating group) is 1. The molecule has 0 aliphatic heterocycles. The summed E-state index contributed by atoms with van der Waals surface area (Å²) < 4.78 is 26.7. The third-order valence-corrected chi connectivity index (χ3v) is 6.84. The molecule has 7 nitrogen and oxygen atoms in total. The highest BCUT2D eigenvalue weighted by Gasteiger charge is 2.30. The standard InChI is InChI=1S/C26H31N3O4S/c1-4-27-26(31)20(2)28(18-17-21-11-6-5-7-12-21)25(30)19-29(34(3,32)33)24-16-10-14-22-13-8-9-15-23(22)24/h5-16,20H,4,17-19H2,1-3H3,(H,27,31). The minimum atomic E-state index is -3.78. The number of benzene rings is 3. The van der Waals surface area contributed by atoms with Crippen molar-refractivity contribution in [3.63, 3.8) is 0 Å². The van der Waals surface area contributed by atoms with E-state index in [9.17, 15) is 18.0 Å². The summed E-state index contributed by atoms with van der Waals surface area (Å²) >= 11 is 0. The van der Waals surface area contributed by atoms with Crippen LogP contribution in [-0.2, 0) is 26.0 Å². The maximum absolute atomic E-state index is 13.5. The van der Waals surface area contributed by atoms with E-state index in [-0.39, 0.29) is 12.5 Å². The smallest absolute Gasteiger partial charge is 0.244 e. The molecular formula is C26H31N3O4S. The van der Waals surface area contributed by atoms with Gasteiger partial charge in [0.2, 0.25) is 21.8 Å². The Morgan fingerprint density at radius 2 is 1.59 bits per heavy atom. The van der Waals surface area contributed by atoms with E-state index in [1.807, 2.05) is 67.6 Å². The maximum Gasteiger partial charge on any atom is 0.244 e. The number of hydrogen-bond donors (Lipinski definition) is 1. The number of fused-ring (bicyclic) bond motifs is 1. The highest BCUT2D eigenvalue weighted by molar-refractivity contribution is 7.92. The van der Waals surface area contributed by atoms with Crippen molar-refractivity contribution < 1.29 is 18.0 Å². The number of amides is 2. The van der Waals surface area contributed by atoms with Gasteiger partial charge in [-0.05, 0) is 37.3 Å². The minimum Gasteiger partial charge on any atom is -0.355 e. The monoisotopic (exact) mass is 481 g/mol. The number of carbonyl (C=O) groups excluding carboxylic acids is 2. The van der Waals surface area contributed by atoms with E-state index in [1.165, 1.54) is 4.90 Å². The molecule has 0 fully saturated rings. The van der Waals surface area contributed by atoms with Gasteiger partial charge in [-0.25, -0.2) is 8.42 Å². The van der Waals surface area contributed by atoms with E-state index in [2.05, 4.69) is 5.32 Å². The molecule has 0 aliphatic carbocycles. The molecule has 0 bridgehead atoms. The second kappa shape index (κ2) is 11.2. The summed E-state index contributed by atoms with van der Waals surface area (Å²) in [5.41, 5.74) is 1.46. The van der Waals surface area contributed by atoms with E-state index in [4.69, 9.17) is 0 Å². The number of anilines is 1. The molecule has 34 heavy (non-hydrogen) atoms. The molecule has 0 radical (unpaired) electrons. The Labute approximate surface area is 201 Å². The van der Waals surface area contributed by atoms with Crippen molar-refractivity contribution >= 4 is 38.3 Å². The van der Waals surface area contributed by atoms with Crippen molar-refractivity contribution in [1.82, 2.24) is 10.2 Å². The van der Waals surface area contributed by atoms with Gasteiger partial charge in [0, 0.05) is 18.5 Å². The molecule has 3 aromatic rings. The lowest BCUT2D eigenvalue weighted by molar-refractivity contribution is -0.138. The largest absolute Gasteiger partial charge is 0.355 e. The van der Waals surface area contributed by atoms with Crippen LogP contribution in [0, 0.1) is 0 Å². The third-order valence-electron chi connectivity index (χ3n) is 5.72. The van der Waals surface area contributed by atoms with Crippen LogP contribution in [0.3, 0.4) is 0 Å². The SMILES string of the molecule is CCNC(=O)C(C)N(CCc1ccccc1)C(=O)CN(c1cccc2ccccc12)S(C)(=O)=O. The minimum absolute atomic E-state index is 0.278. The zero-order chi connectivity index (χ0) is 24.7. The van der Waals surface area contributed by atoms with Gasteiger partial charge in [0.05, 0.1) is 11.9 Å². The Bertz CT molecular complexity index is 1240. The molecule has 0 heterocycles. The Kier molecular flexibility index (Phi) is 8.28. The number of rotatable bonds is 10. The van der Waals surface area contributed by atoms with Gasteiger partial charge in [-0.2, -0.15) is 0 Å². The molecule has 0 aromatic heterocycles. The number of carbonyl (C=O) groups is 2. The Balaban J connectivity index is 1.93. The second-order valence-corrected chi connectivity index (χ2v) is 10.1. The molecule has 1 N–H and O–H groups in total. The number of nitrogens with zero attached hydrogens (tertiary/aromatic N) is 2. The van der Waals surface area contributed by atoms with Crippen LogP contribution >= 0.6 is 0 Å². The first-order chi connectivity index (χ1) is 16.2. The van der Waals surface area contributed by atoms with Gasteiger partial charge in [-0.1, -0.05) is 66.7 Å². The molecule has 1 unspecified atom stereocenters. The summed E-state index contributed by atoms with van der Waals surface area (Å²) in [7, 11) is -3.78. The molecule has 2 amide bonds. The number of nitrogens with one attached hydrogen (secondary N) is 1. The van der Waals surface area contributed by atoms with Crippen LogP contribution in [-0.4, -0.2) is 57.1 Å². The van der Waals surface area contributed by atoms with Gasteiger partial charge in [0.15, 0.2) is 0 Å². The molecule has 3 aromatic carbocycles. The van der Waals surface area contributed by atoms with E-state index >= 15 is 0 Å². The van der Waals surface area contributed by atoms with Gasteiger partial charge in [0.1, 0.15) is 12.6 Å². The predicted molar refractivity (Wildman–Crippen MR) is 136 cm³/mol.